The first-order valence-electron chi connectivity index (χ1n) is 20.0. The number of nitrogens with zero attached hydrogens (tertiary/aromatic N) is 3. The summed E-state index contributed by atoms with van der Waals surface area (Å²) in [7, 11) is 0. The molecule has 0 radical (unpaired) electrons. The van der Waals surface area contributed by atoms with Crippen molar-refractivity contribution in [1.29, 1.82) is 0 Å². The quantitative estimate of drug-likeness (QED) is 0.120. The number of amides is 4. The van der Waals surface area contributed by atoms with E-state index < -0.39 is 72.6 Å². The zero-order valence-corrected chi connectivity index (χ0v) is 32.6. The maximum absolute atomic E-state index is 14.4. The molecule has 0 spiro atoms. The number of ether oxygens (including phenoxy) is 1. The van der Waals surface area contributed by atoms with Gasteiger partial charge in [-0.15, -0.1) is 0 Å². The Morgan fingerprint density at radius 3 is 2.49 bits per heavy atom. The van der Waals surface area contributed by atoms with Crippen LogP contribution in [0.5, 0.6) is 5.75 Å². The topological polar surface area (TPSA) is 201 Å². The van der Waals surface area contributed by atoms with Crippen LogP contribution in [0.1, 0.15) is 91.0 Å². The molecule has 4 aliphatic heterocycles. The molecule has 6 N–H and O–H groups in total. The van der Waals surface area contributed by atoms with Gasteiger partial charge in [0.25, 0.3) is 0 Å². The Bertz CT molecular complexity index is 1560. The number of aliphatic hydroxyl groups excluding tert-OH is 2. The van der Waals surface area contributed by atoms with E-state index in [0.29, 0.717) is 63.7 Å². The van der Waals surface area contributed by atoms with Crippen LogP contribution in [0.4, 0.5) is 0 Å². The van der Waals surface area contributed by atoms with E-state index in [1.807, 2.05) is 6.92 Å². The SMILES string of the molecule is CCCC/C=C/C(=O)N[C@@H](Cc1cccc(O)c1)C(=O)N[C@@H]1C(O)N2CCC[C@H]2C(=O)N2CCC(C)C[C@H]2C(O)N[C@@H](C)C(=O)N2CCC[C@H]2C(=O)O[C@H]1C. The van der Waals surface area contributed by atoms with Gasteiger partial charge in [0.15, 0.2) is 0 Å². The number of phenolic OH excluding ortho intramolecular Hbond substituents is 1. The number of esters is 1. The number of benzene rings is 1. The Balaban J connectivity index is 1.48. The van der Waals surface area contributed by atoms with Crippen LogP contribution in [0.15, 0.2) is 36.4 Å². The van der Waals surface area contributed by atoms with Gasteiger partial charge in [0, 0.05) is 26.1 Å². The second-order valence-electron chi connectivity index (χ2n) is 15.7. The van der Waals surface area contributed by atoms with Crippen molar-refractivity contribution in [3.05, 3.63) is 42.0 Å². The summed E-state index contributed by atoms with van der Waals surface area (Å²) < 4.78 is 5.97. The van der Waals surface area contributed by atoms with Gasteiger partial charge in [0.2, 0.25) is 23.6 Å². The molecular weight excluding hydrogens is 708 g/mol. The Kier molecular flexibility index (Phi) is 14.7. The van der Waals surface area contributed by atoms with Gasteiger partial charge in [-0.05, 0) is 88.5 Å². The molecule has 1 aromatic rings. The number of carbonyl (C=O) groups is 5. The van der Waals surface area contributed by atoms with E-state index in [1.165, 1.54) is 23.1 Å². The molecule has 4 amide bonds. The molecule has 4 fully saturated rings. The lowest BCUT2D eigenvalue weighted by molar-refractivity contribution is -0.166. The van der Waals surface area contributed by atoms with Gasteiger partial charge in [-0.25, -0.2) is 4.79 Å². The minimum Gasteiger partial charge on any atom is -0.508 e. The zero-order chi connectivity index (χ0) is 39.8. The fourth-order valence-electron chi connectivity index (χ4n) is 8.38. The molecule has 304 valence electrons. The first-order valence-corrected chi connectivity index (χ1v) is 20.0. The largest absolute Gasteiger partial charge is 0.508 e. The van der Waals surface area contributed by atoms with Crippen LogP contribution < -0.4 is 16.0 Å². The lowest BCUT2D eigenvalue weighted by Gasteiger charge is -2.45. The summed E-state index contributed by atoms with van der Waals surface area (Å²) in [5.41, 5.74) is 0.570. The molecule has 15 nitrogen and oxygen atoms in total. The maximum Gasteiger partial charge on any atom is 0.329 e. The highest BCUT2D eigenvalue weighted by atomic mass is 16.5. The van der Waals surface area contributed by atoms with Gasteiger partial charge in [-0.3, -0.25) is 29.4 Å². The molecule has 10 atom stereocenters. The second kappa shape index (κ2) is 19.2. The monoisotopic (exact) mass is 768 g/mol. The number of aliphatic hydroxyl groups is 2. The molecule has 3 unspecified atom stereocenters. The van der Waals surface area contributed by atoms with Gasteiger partial charge in [0.05, 0.1) is 18.1 Å². The molecular formula is C40H60N6O9. The van der Waals surface area contributed by atoms with Crippen molar-refractivity contribution >= 4 is 29.6 Å². The molecule has 4 heterocycles. The zero-order valence-electron chi connectivity index (χ0n) is 32.6. The second-order valence-corrected chi connectivity index (χ2v) is 15.7. The lowest BCUT2D eigenvalue weighted by Crippen LogP contribution is -2.65. The van der Waals surface area contributed by atoms with Gasteiger partial charge >= 0.3 is 5.97 Å². The normalized spacial score (nSPS) is 31.7. The highest BCUT2D eigenvalue weighted by Gasteiger charge is 2.47. The fraction of sp³-hybridized carbons (Fsp3) is 0.675. The van der Waals surface area contributed by atoms with Crippen LogP contribution in [-0.4, -0.2) is 134 Å². The van der Waals surface area contributed by atoms with Crippen LogP contribution in [0, 0.1) is 5.92 Å². The summed E-state index contributed by atoms with van der Waals surface area (Å²) in [5.74, 6) is -2.34. The van der Waals surface area contributed by atoms with E-state index in [1.54, 1.807) is 41.9 Å². The standard InChI is InChI=1S/C40H60N6O9/c1-5-6-7-8-16-33(48)42-29(23-27-12-9-13-28(47)22-27)35(49)43-34-26(4)55-40(54)31-15-11-19-45(31)37(51)25(3)41-36(50)32-21-24(2)17-20-46(32)38(52)30-14-10-18-44(30)39(34)53/h8-9,12-13,16,22,24-26,29-32,34,36,39,41,47,50,53H,5-7,10-11,14-15,17-21,23H2,1-4H3,(H,42,48)(H,43,49)/b16-8+/t24?,25-,26-,29-,30-,31-,32-,34-,36?,39?/m0/s1. The number of piperidine rings is 1. The molecule has 15 heteroatoms. The molecule has 0 saturated carbocycles. The number of fused-ring (bicyclic) bond motifs is 3. The predicted octanol–water partition coefficient (Wildman–Crippen LogP) is 1.29. The van der Waals surface area contributed by atoms with E-state index in [9.17, 15) is 39.3 Å². The third-order valence-corrected chi connectivity index (χ3v) is 11.5. The van der Waals surface area contributed by atoms with Gasteiger partial charge in [-0.1, -0.05) is 44.9 Å². The molecule has 4 saturated heterocycles. The molecule has 0 aliphatic carbocycles. The van der Waals surface area contributed by atoms with Crippen molar-refractivity contribution < 1.29 is 44.0 Å². The predicted molar refractivity (Wildman–Crippen MR) is 203 cm³/mol. The van der Waals surface area contributed by atoms with Crippen molar-refractivity contribution in [3.63, 3.8) is 0 Å². The number of unbranched alkanes of at least 4 members (excludes halogenated alkanes) is 2. The number of nitrogens with one attached hydrogen (secondary N) is 3. The number of rotatable bonds is 9. The molecule has 55 heavy (non-hydrogen) atoms. The van der Waals surface area contributed by atoms with Crippen molar-refractivity contribution in [2.45, 2.75) is 147 Å². The maximum atomic E-state index is 14.4. The Morgan fingerprint density at radius 2 is 1.75 bits per heavy atom. The van der Waals surface area contributed by atoms with E-state index >= 15 is 0 Å². The Hall–Kier alpha value is -4.05. The lowest BCUT2D eigenvalue weighted by atomic mass is 9.90. The third kappa shape index (κ3) is 10.4. The smallest absolute Gasteiger partial charge is 0.329 e. The van der Waals surface area contributed by atoms with Crippen LogP contribution in [0.25, 0.3) is 0 Å². The molecule has 0 bridgehead atoms. The summed E-state index contributed by atoms with van der Waals surface area (Å²) in [6, 6.07) is 0.696. The number of cyclic esters (lactones) is 1. The average molecular weight is 769 g/mol. The molecule has 5 rings (SSSR count). The van der Waals surface area contributed by atoms with Crippen LogP contribution in [-0.2, 0) is 35.1 Å². The number of carbonyl (C=O) groups excluding carboxylic acids is 5. The first-order chi connectivity index (χ1) is 26.3. The van der Waals surface area contributed by atoms with E-state index in [0.717, 1.165) is 19.3 Å². The Labute approximate surface area is 323 Å². The van der Waals surface area contributed by atoms with Crippen molar-refractivity contribution in [2.24, 2.45) is 5.92 Å². The minimum atomic E-state index is -1.51. The minimum absolute atomic E-state index is 0.000947. The summed E-state index contributed by atoms with van der Waals surface area (Å²) in [6.45, 7) is 8.28. The summed E-state index contributed by atoms with van der Waals surface area (Å²) in [5, 5.41) is 42.4. The van der Waals surface area contributed by atoms with Crippen molar-refractivity contribution in [2.75, 3.05) is 19.6 Å². The third-order valence-electron chi connectivity index (χ3n) is 11.5. The summed E-state index contributed by atoms with van der Waals surface area (Å²) in [4.78, 5) is 74.0. The van der Waals surface area contributed by atoms with Crippen LogP contribution >= 0.6 is 0 Å². The van der Waals surface area contributed by atoms with E-state index in [4.69, 9.17) is 4.74 Å². The number of hydrogen-bond donors (Lipinski definition) is 6. The highest BCUT2D eigenvalue weighted by molar-refractivity contribution is 5.93. The molecule has 1 aromatic carbocycles. The molecule has 0 aromatic heterocycles. The summed E-state index contributed by atoms with van der Waals surface area (Å²) >= 11 is 0. The van der Waals surface area contributed by atoms with Gasteiger partial charge in [0.1, 0.15) is 42.4 Å². The number of aromatic hydroxyl groups is 1. The van der Waals surface area contributed by atoms with E-state index in [-0.39, 0.29) is 29.9 Å². The highest BCUT2D eigenvalue weighted by Crippen LogP contribution is 2.31. The molecule has 4 aliphatic rings. The number of phenols is 1. The first kappa shape index (κ1) is 42.1. The summed E-state index contributed by atoms with van der Waals surface area (Å²) in [6.07, 6.45) is 4.91. The van der Waals surface area contributed by atoms with Crippen LogP contribution in [0.3, 0.4) is 0 Å². The van der Waals surface area contributed by atoms with Crippen molar-refractivity contribution in [1.82, 2.24) is 30.7 Å². The number of allylic oxidation sites excluding steroid dienone is 1. The van der Waals surface area contributed by atoms with Gasteiger partial charge in [-0.2, -0.15) is 0 Å². The number of hydrogen-bond acceptors (Lipinski definition) is 11. The average Bonchev–Trinajstić information content (AvgIpc) is 3.85. The fourth-order valence-corrected chi connectivity index (χ4v) is 8.38. The van der Waals surface area contributed by atoms with Gasteiger partial charge < -0.3 is 40.5 Å². The van der Waals surface area contributed by atoms with Crippen molar-refractivity contribution in [3.8, 4) is 5.75 Å². The Morgan fingerprint density at radius 1 is 1.00 bits per heavy atom. The van der Waals surface area contributed by atoms with Crippen LogP contribution in [0.2, 0.25) is 0 Å². The van der Waals surface area contributed by atoms with E-state index in [2.05, 4.69) is 22.9 Å².